The van der Waals surface area contributed by atoms with E-state index >= 15 is 0 Å². The minimum Gasteiger partial charge on any atom is -0.367 e. The zero-order valence-corrected chi connectivity index (χ0v) is 11.1. The molecule has 1 fully saturated rings. The fraction of sp³-hybridized carbons (Fsp3) is 0.625. The van der Waals surface area contributed by atoms with Crippen LogP contribution in [0.25, 0.3) is 0 Å². The summed E-state index contributed by atoms with van der Waals surface area (Å²) in [5.41, 5.74) is 9.39. The molecule has 2 aliphatic rings. The van der Waals surface area contributed by atoms with Crippen molar-refractivity contribution in [3.8, 4) is 0 Å². The van der Waals surface area contributed by atoms with Crippen molar-refractivity contribution in [2.24, 2.45) is 5.73 Å². The van der Waals surface area contributed by atoms with Crippen LogP contribution in [0.2, 0.25) is 0 Å². The van der Waals surface area contributed by atoms with Gasteiger partial charge in [-0.3, -0.25) is 0 Å². The molecule has 98 valence electrons. The highest BCUT2D eigenvalue weighted by Gasteiger charge is 2.29. The van der Waals surface area contributed by atoms with Gasteiger partial charge >= 0.3 is 0 Å². The van der Waals surface area contributed by atoms with Gasteiger partial charge in [0.15, 0.2) is 0 Å². The highest BCUT2D eigenvalue weighted by atomic mass is 15.2. The molecule has 1 aliphatic heterocycles. The Labute approximate surface area is 110 Å². The van der Waals surface area contributed by atoms with Crippen LogP contribution in [0.15, 0.2) is 24.3 Å². The number of hydrogen-bond donors (Lipinski definition) is 1. The first-order valence-electron chi connectivity index (χ1n) is 7.46. The molecule has 18 heavy (non-hydrogen) atoms. The second kappa shape index (κ2) is 5.31. The van der Waals surface area contributed by atoms with E-state index in [0.717, 1.165) is 0 Å². The summed E-state index contributed by atoms with van der Waals surface area (Å²) in [6.45, 7) is 1.19. The summed E-state index contributed by atoms with van der Waals surface area (Å²) < 4.78 is 0. The van der Waals surface area contributed by atoms with Gasteiger partial charge in [-0.25, -0.2) is 0 Å². The maximum Gasteiger partial charge on any atom is 0.0441 e. The van der Waals surface area contributed by atoms with Crippen LogP contribution in [0, 0.1) is 0 Å². The van der Waals surface area contributed by atoms with Crippen molar-refractivity contribution in [1.82, 2.24) is 0 Å². The number of hydrogen-bond acceptors (Lipinski definition) is 2. The molecule has 0 saturated heterocycles. The maximum atomic E-state index is 6.43. The van der Waals surface area contributed by atoms with Gasteiger partial charge in [-0.05, 0) is 37.3 Å². The third-order valence-corrected chi connectivity index (χ3v) is 4.58. The van der Waals surface area contributed by atoms with Gasteiger partial charge in [-0.15, -0.1) is 0 Å². The van der Waals surface area contributed by atoms with E-state index in [4.69, 9.17) is 5.73 Å². The fourth-order valence-corrected chi connectivity index (χ4v) is 3.61. The molecule has 2 unspecified atom stereocenters. The van der Waals surface area contributed by atoms with E-state index in [0.29, 0.717) is 12.1 Å². The first-order chi connectivity index (χ1) is 8.86. The Morgan fingerprint density at radius 2 is 1.83 bits per heavy atom. The van der Waals surface area contributed by atoms with Crippen molar-refractivity contribution in [2.45, 2.75) is 57.0 Å². The van der Waals surface area contributed by atoms with Crippen molar-refractivity contribution in [2.75, 3.05) is 11.4 Å². The summed E-state index contributed by atoms with van der Waals surface area (Å²) in [5, 5.41) is 0. The van der Waals surface area contributed by atoms with Crippen LogP contribution in [0.4, 0.5) is 5.69 Å². The number of para-hydroxylation sites is 1. The SMILES string of the molecule is NC1CCCCCC1N1CCCc2ccccc21. The van der Waals surface area contributed by atoms with Crippen LogP contribution in [0.1, 0.15) is 44.1 Å². The smallest absolute Gasteiger partial charge is 0.0441 e. The van der Waals surface area contributed by atoms with E-state index in [-0.39, 0.29) is 0 Å². The molecule has 0 spiro atoms. The first kappa shape index (κ1) is 12.0. The van der Waals surface area contributed by atoms with E-state index < -0.39 is 0 Å². The van der Waals surface area contributed by atoms with Gasteiger partial charge in [-0.2, -0.15) is 0 Å². The summed E-state index contributed by atoms with van der Waals surface area (Å²) in [6, 6.07) is 9.82. The number of nitrogens with two attached hydrogens (primary N) is 1. The van der Waals surface area contributed by atoms with Crippen LogP contribution >= 0.6 is 0 Å². The van der Waals surface area contributed by atoms with Crippen molar-refractivity contribution in [3.05, 3.63) is 29.8 Å². The molecule has 1 aliphatic carbocycles. The minimum atomic E-state index is 0.360. The number of aryl methyl sites for hydroxylation is 1. The van der Waals surface area contributed by atoms with Gasteiger partial charge in [0.2, 0.25) is 0 Å². The lowest BCUT2D eigenvalue weighted by atomic mass is 9.95. The quantitative estimate of drug-likeness (QED) is 0.769. The molecular formula is C16H24N2. The molecule has 0 radical (unpaired) electrons. The molecule has 0 bridgehead atoms. The molecule has 1 aromatic rings. The molecule has 0 aromatic heterocycles. The molecule has 0 amide bonds. The van der Waals surface area contributed by atoms with Crippen LogP contribution in [-0.2, 0) is 6.42 Å². The molecule has 2 N–H and O–H groups in total. The van der Waals surface area contributed by atoms with Crippen LogP contribution in [-0.4, -0.2) is 18.6 Å². The Hall–Kier alpha value is -1.02. The van der Waals surface area contributed by atoms with Gasteiger partial charge in [-0.1, -0.05) is 37.5 Å². The molecule has 2 heteroatoms. The van der Waals surface area contributed by atoms with Crippen molar-refractivity contribution in [3.63, 3.8) is 0 Å². The first-order valence-corrected chi connectivity index (χ1v) is 7.46. The minimum absolute atomic E-state index is 0.360. The highest BCUT2D eigenvalue weighted by Crippen LogP contribution is 2.32. The molecule has 2 nitrogen and oxygen atoms in total. The molecule has 1 heterocycles. The molecule has 3 rings (SSSR count). The molecular weight excluding hydrogens is 220 g/mol. The third kappa shape index (κ3) is 2.26. The fourth-order valence-electron chi connectivity index (χ4n) is 3.61. The van der Waals surface area contributed by atoms with E-state index in [9.17, 15) is 0 Å². The largest absolute Gasteiger partial charge is 0.367 e. The Balaban J connectivity index is 1.88. The van der Waals surface area contributed by atoms with Crippen LogP contribution in [0.3, 0.4) is 0 Å². The maximum absolute atomic E-state index is 6.43. The van der Waals surface area contributed by atoms with Gasteiger partial charge in [0.1, 0.15) is 0 Å². The summed E-state index contributed by atoms with van der Waals surface area (Å²) in [6.07, 6.45) is 9.00. The summed E-state index contributed by atoms with van der Waals surface area (Å²) in [4.78, 5) is 2.61. The zero-order chi connectivity index (χ0) is 12.4. The van der Waals surface area contributed by atoms with Crippen molar-refractivity contribution < 1.29 is 0 Å². The lowest BCUT2D eigenvalue weighted by Crippen LogP contribution is -2.49. The van der Waals surface area contributed by atoms with E-state index in [2.05, 4.69) is 29.2 Å². The van der Waals surface area contributed by atoms with Gasteiger partial charge in [0, 0.05) is 24.3 Å². The summed E-state index contributed by atoms with van der Waals surface area (Å²) in [5.74, 6) is 0. The molecule has 1 saturated carbocycles. The van der Waals surface area contributed by atoms with Crippen LogP contribution < -0.4 is 10.6 Å². The van der Waals surface area contributed by atoms with Crippen LogP contribution in [0.5, 0.6) is 0 Å². The number of nitrogens with zero attached hydrogens (tertiary/aromatic N) is 1. The third-order valence-electron chi connectivity index (χ3n) is 4.58. The standard InChI is InChI=1S/C16H24N2/c17-14-9-2-1-3-11-16(14)18-12-6-8-13-7-4-5-10-15(13)18/h4-5,7,10,14,16H,1-3,6,8-9,11-12,17H2. The van der Waals surface area contributed by atoms with E-state index in [1.165, 1.54) is 62.7 Å². The zero-order valence-electron chi connectivity index (χ0n) is 11.1. The second-order valence-electron chi connectivity index (χ2n) is 5.79. The monoisotopic (exact) mass is 244 g/mol. The second-order valence-corrected chi connectivity index (χ2v) is 5.79. The van der Waals surface area contributed by atoms with Gasteiger partial charge in [0.25, 0.3) is 0 Å². The predicted octanol–water partition coefficient (Wildman–Crippen LogP) is 3.10. The van der Waals surface area contributed by atoms with Crippen molar-refractivity contribution in [1.29, 1.82) is 0 Å². The number of rotatable bonds is 1. The number of fused-ring (bicyclic) bond motifs is 1. The average Bonchev–Trinajstić information content (AvgIpc) is 2.63. The van der Waals surface area contributed by atoms with Gasteiger partial charge < -0.3 is 10.6 Å². The Morgan fingerprint density at radius 3 is 2.78 bits per heavy atom. The molecule has 2 atom stereocenters. The van der Waals surface area contributed by atoms with E-state index in [1.807, 2.05) is 0 Å². The molecule has 1 aromatic carbocycles. The Morgan fingerprint density at radius 1 is 1.00 bits per heavy atom. The van der Waals surface area contributed by atoms with Crippen molar-refractivity contribution >= 4 is 5.69 Å². The number of benzene rings is 1. The average molecular weight is 244 g/mol. The van der Waals surface area contributed by atoms with Gasteiger partial charge in [0.05, 0.1) is 0 Å². The lowest BCUT2D eigenvalue weighted by Gasteiger charge is -2.40. The Kier molecular flexibility index (Phi) is 3.55. The number of anilines is 1. The summed E-state index contributed by atoms with van der Waals surface area (Å²) >= 11 is 0. The lowest BCUT2D eigenvalue weighted by molar-refractivity contribution is 0.450. The normalized spacial score (nSPS) is 28.6. The summed E-state index contributed by atoms with van der Waals surface area (Å²) in [7, 11) is 0. The Bertz CT molecular complexity index is 402. The van der Waals surface area contributed by atoms with E-state index in [1.54, 1.807) is 0 Å². The predicted molar refractivity (Wildman–Crippen MR) is 77.0 cm³/mol. The topological polar surface area (TPSA) is 29.3 Å². The highest BCUT2D eigenvalue weighted by molar-refractivity contribution is 5.56.